The molecular weight excluding hydrogens is 1080 g/mol. The molecule has 5 aromatic carbocycles. The smallest absolute Gasteiger partial charge is 0.287 e. The van der Waals surface area contributed by atoms with E-state index in [0.29, 0.717) is 6.54 Å². The van der Waals surface area contributed by atoms with Gasteiger partial charge in [-0.05, 0) is 36.8 Å². The summed E-state index contributed by atoms with van der Waals surface area (Å²) in [5, 5.41) is 0. The highest BCUT2D eigenvalue weighted by Gasteiger charge is 2.47. The maximum absolute atomic E-state index is 14.2. The van der Waals surface area contributed by atoms with Crippen LogP contribution in [0, 0.1) is 0 Å². The van der Waals surface area contributed by atoms with Gasteiger partial charge >= 0.3 is 49.4 Å². The first-order valence-corrected chi connectivity index (χ1v) is 20.4. The summed E-state index contributed by atoms with van der Waals surface area (Å²) in [4.78, 5) is 16.2. The van der Waals surface area contributed by atoms with E-state index in [2.05, 4.69) is 11.6 Å². The van der Waals surface area contributed by atoms with E-state index in [9.17, 15) is 110 Å². The Hall–Kier alpha value is -7.03. The molecule has 0 spiro atoms. The molecule has 0 aliphatic carbocycles. The Labute approximate surface area is 405 Å². The predicted octanol–water partition coefficient (Wildman–Crippen LogP) is 13.5. The summed E-state index contributed by atoms with van der Waals surface area (Å²) in [5.74, 6) is 0.0828. The van der Waals surface area contributed by atoms with Crippen LogP contribution < -0.4 is 26.4 Å². The van der Waals surface area contributed by atoms with E-state index in [1.165, 1.54) is 0 Å². The number of hydrogen-bond acceptors (Lipinski definition) is 2. The van der Waals surface area contributed by atoms with Crippen molar-refractivity contribution in [3.05, 3.63) is 184 Å². The summed E-state index contributed by atoms with van der Waals surface area (Å²) in [6.07, 6.45) is -49.5. The van der Waals surface area contributed by atoms with E-state index in [0.717, 1.165) is 16.8 Å². The molecule has 0 atom stereocenters. The summed E-state index contributed by atoms with van der Waals surface area (Å²) in [6.45, 7) is 6.05. The highest BCUT2D eigenvalue weighted by atomic mass is 19.4. The van der Waals surface area contributed by atoms with Crippen molar-refractivity contribution in [3.8, 4) is 0 Å². The number of halogens is 24. The fourth-order valence-electron chi connectivity index (χ4n) is 7.70. The summed E-state index contributed by atoms with van der Waals surface area (Å²) >= 11 is 0. The molecule has 0 unspecified atom stereocenters. The second kappa shape index (κ2) is 20.3. The molecule has 1 aromatic heterocycles. The zero-order chi connectivity index (χ0) is 56.9. The number of aromatic nitrogens is 2. The van der Waals surface area contributed by atoms with Crippen molar-refractivity contribution in [2.24, 2.45) is 0 Å². The number of rotatable bonds is 8. The number of carbonyl (C=O) groups excluding carboxylic acids is 1. The third-order valence-electron chi connectivity index (χ3n) is 11.1. The maximum atomic E-state index is 14.2. The van der Waals surface area contributed by atoms with Crippen LogP contribution in [0.3, 0.4) is 0 Å². The van der Waals surface area contributed by atoms with Crippen molar-refractivity contribution in [1.82, 2.24) is 4.98 Å². The average Bonchev–Trinajstić information content (AvgIpc) is 3.27. The minimum absolute atomic E-state index is 0.0828. The lowest BCUT2D eigenvalue weighted by atomic mass is 9.12. The van der Waals surface area contributed by atoms with Crippen molar-refractivity contribution in [2.75, 3.05) is 0 Å². The van der Waals surface area contributed by atoms with Crippen LogP contribution >= 0.6 is 0 Å². The van der Waals surface area contributed by atoms with Gasteiger partial charge in [-0.3, -0.25) is 4.79 Å². The summed E-state index contributed by atoms with van der Waals surface area (Å²) in [5.41, 5.74) is -27.8. The molecular formula is C47H27BF24N2O. The molecule has 0 amide bonds. The van der Waals surface area contributed by atoms with E-state index in [1.807, 2.05) is 48.0 Å². The minimum Gasteiger partial charge on any atom is -0.287 e. The number of ketones is 1. The lowest BCUT2D eigenvalue weighted by Crippen LogP contribution is -2.75. The monoisotopic (exact) mass is 1100 g/mol. The molecule has 3 nitrogen and oxygen atoms in total. The fraction of sp³-hybridized carbons (Fsp3) is 0.213. The van der Waals surface area contributed by atoms with E-state index in [4.69, 9.17) is 0 Å². The zero-order valence-corrected chi connectivity index (χ0v) is 36.9. The molecule has 0 aliphatic rings. The third-order valence-corrected chi connectivity index (χ3v) is 11.1. The van der Waals surface area contributed by atoms with E-state index < -0.39 is 195 Å². The van der Waals surface area contributed by atoms with Gasteiger partial charge in [0.1, 0.15) is 11.8 Å². The Bertz CT molecular complexity index is 2630. The largest absolute Gasteiger partial charge is 0.416 e. The van der Waals surface area contributed by atoms with E-state index in [-0.39, 0.29) is 5.78 Å². The van der Waals surface area contributed by atoms with Gasteiger partial charge < -0.3 is 0 Å². The van der Waals surface area contributed by atoms with Gasteiger partial charge in [-0.1, -0.05) is 85.4 Å². The van der Waals surface area contributed by atoms with Gasteiger partial charge in [0.25, 0.3) is 0 Å². The number of alkyl halides is 24. The van der Waals surface area contributed by atoms with Crippen LogP contribution in [0.15, 0.2) is 128 Å². The topological polar surface area (TPSA) is 33.8 Å². The van der Waals surface area contributed by atoms with Crippen LogP contribution in [0.2, 0.25) is 0 Å². The lowest BCUT2D eigenvalue weighted by molar-refractivity contribution is -0.683. The van der Waals surface area contributed by atoms with Crippen LogP contribution in [0.25, 0.3) is 5.57 Å². The van der Waals surface area contributed by atoms with Crippen molar-refractivity contribution >= 4 is 39.4 Å². The first-order valence-electron chi connectivity index (χ1n) is 20.4. The van der Waals surface area contributed by atoms with Crippen LogP contribution in [0.1, 0.15) is 67.5 Å². The lowest BCUT2D eigenvalue weighted by Gasteiger charge is -2.46. The Balaban J connectivity index is 0.000000483. The molecule has 0 saturated carbocycles. The molecule has 1 heterocycles. The molecule has 0 fully saturated rings. The van der Waals surface area contributed by atoms with Gasteiger partial charge in [0.2, 0.25) is 12.3 Å². The van der Waals surface area contributed by atoms with Crippen LogP contribution in [-0.4, -0.2) is 16.9 Å². The Kier molecular flexibility index (Phi) is 15.9. The van der Waals surface area contributed by atoms with Crippen LogP contribution in [0.4, 0.5) is 105 Å². The molecule has 0 aliphatic heterocycles. The molecule has 6 aromatic rings. The zero-order valence-electron chi connectivity index (χ0n) is 36.9. The quantitative estimate of drug-likeness (QED) is 0.0659. The second-order valence-electron chi connectivity index (χ2n) is 16.4. The summed E-state index contributed by atoms with van der Waals surface area (Å²) < 4.78 is 343. The minimum atomic E-state index is -6.13. The van der Waals surface area contributed by atoms with Gasteiger partial charge in [0, 0.05) is 5.56 Å². The number of hydrogen-bond donors (Lipinski definition) is 0. The number of carbonyl (C=O) groups is 1. The van der Waals surface area contributed by atoms with Crippen molar-refractivity contribution in [3.63, 3.8) is 0 Å². The number of nitrogens with zero attached hydrogens (tertiary/aromatic N) is 2. The second-order valence-corrected chi connectivity index (χ2v) is 16.4. The number of benzene rings is 5. The highest BCUT2D eigenvalue weighted by Crippen LogP contribution is 2.41. The molecule has 0 radical (unpaired) electrons. The van der Waals surface area contributed by atoms with Gasteiger partial charge in [0.15, 0.2) is 12.4 Å². The van der Waals surface area contributed by atoms with E-state index in [1.54, 1.807) is 12.4 Å². The molecule has 0 bridgehead atoms. The van der Waals surface area contributed by atoms with Gasteiger partial charge in [0.05, 0.1) is 50.7 Å². The third kappa shape index (κ3) is 13.8. The molecule has 0 N–H and O–H groups in total. The van der Waals surface area contributed by atoms with Gasteiger partial charge in [-0.15, -0.1) is 0 Å². The average molecular weight is 1100 g/mol. The first kappa shape index (κ1) is 58.9. The van der Waals surface area contributed by atoms with Gasteiger partial charge in [-0.2, -0.15) is 132 Å². The predicted molar refractivity (Wildman–Crippen MR) is 220 cm³/mol. The normalized spacial score (nSPS) is 13.3. The number of Topliss-reactive ketones (excluding diaryl/α,β-unsaturated/α-hetero) is 1. The van der Waals surface area contributed by atoms with Gasteiger partial charge in [-0.25, -0.2) is 4.98 Å². The summed E-state index contributed by atoms with van der Waals surface area (Å²) in [7, 11) is 0. The van der Waals surface area contributed by atoms with Crippen molar-refractivity contribution < 1.29 is 115 Å². The Morgan fingerprint density at radius 2 is 0.693 bits per heavy atom. The Morgan fingerprint density at radius 1 is 0.440 bits per heavy atom. The number of allylic oxidation sites excluding steroid dienone is 1. The molecule has 0 saturated heterocycles. The molecule has 402 valence electrons. The summed E-state index contributed by atoms with van der Waals surface area (Å²) in [6, 6.07) is 0.464. The Morgan fingerprint density at radius 3 is 0.920 bits per heavy atom. The molecule has 6 rings (SSSR count). The highest BCUT2D eigenvalue weighted by molar-refractivity contribution is 7.20. The van der Waals surface area contributed by atoms with Crippen molar-refractivity contribution in [2.45, 2.75) is 62.9 Å². The standard InChI is InChI=1S/C32H12BF24.C15H15N2O/c34-25(35,36)13-1-14(26(37,38)39)6-21(5-13)33(22-7-15(27(40,41)42)2-16(8-22)28(43,44)45,23-9-17(29(46,47)48)3-18(10-23)30(49,50)51)24-11-19(31(52,53)54)4-20(12-24)32(55,56)57;1-12(2)14-10-17(9-8-16-14)11-15(18)13-6-4-3-5-7-13/h1-12H;3-10H,1,11H2,2H3/q-1;+1. The molecule has 28 heteroatoms. The van der Waals surface area contributed by atoms with E-state index >= 15 is 0 Å². The van der Waals surface area contributed by atoms with Crippen molar-refractivity contribution in [1.29, 1.82) is 0 Å². The SMILES string of the molecule is C=C(C)c1c[n+](CC(=O)c2ccccc2)ccn1.FC(F)(F)c1cc([B-](c2cc(C(F)(F)F)cc(C(F)(F)F)c2)(c2cc(C(F)(F)F)cc(C(F)(F)F)c2)c2cc(C(F)(F)F)cc(C(F)(F)F)c2)cc(C(F)(F)F)c1. The maximum Gasteiger partial charge on any atom is 0.416 e. The van der Waals surface area contributed by atoms with Crippen LogP contribution in [0.5, 0.6) is 0 Å². The van der Waals surface area contributed by atoms with Crippen LogP contribution in [-0.2, 0) is 56.0 Å². The first-order chi connectivity index (χ1) is 33.9. The molecule has 75 heavy (non-hydrogen) atoms. The fourth-order valence-corrected chi connectivity index (χ4v) is 7.70.